The third kappa shape index (κ3) is 3.72. The van der Waals surface area contributed by atoms with Gasteiger partial charge in [0.25, 0.3) is 0 Å². The van der Waals surface area contributed by atoms with Crippen LogP contribution < -0.4 is 0 Å². The molecule has 1 saturated heterocycles. The maximum absolute atomic E-state index is 12.1. The first kappa shape index (κ1) is 14.4. The minimum absolute atomic E-state index is 0.214. The van der Waals surface area contributed by atoms with Crippen LogP contribution in [0.5, 0.6) is 0 Å². The predicted octanol–water partition coefficient (Wildman–Crippen LogP) is 3.22. The summed E-state index contributed by atoms with van der Waals surface area (Å²) < 4.78 is 8.29. The van der Waals surface area contributed by atoms with Crippen molar-refractivity contribution in [2.75, 3.05) is 13.1 Å². The van der Waals surface area contributed by atoms with Crippen molar-refractivity contribution in [1.82, 2.24) is 14.7 Å². The summed E-state index contributed by atoms with van der Waals surface area (Å²) in [6, 6.07) is 2.12. The molecule has 0 bridgehead atoms. The molecule has 0 N–H and O–H groups in total. The van der Waals surface area contributed by atoms with Gasteiger partial charge in [0.2, 0.25) is 0 Å². The lowest BCUT2D eigenvalue weighted by molar-refractivity contribution is 0.0166. The number of aromatic nitrogens is 2. The van der Waals surface area contributed by atoms with Crippen molar-refractivity contribution in [1.29, 1.82) is 0 Å². The van der Waals surface area contributed by atoms with Crippen LogP contribution in [0.25, 0.3) is 0 Å². The van der Waals surface area contributed by atoms with E-state index in [0.29, 0.717) is 6.54 Å². The van der Waals surface area contributed by atoms with E-state index in [4.69, 9.17) is 4.74 Å². The highest BCUT2D eigenvalue weighted by Crippen LogP contribution is 2.25. The normalized spacial score (nSPS) is 20.4. The molecule has 1 fully saturated rings. The van der Waals surface area contributed by atoms with Crippen molar-refractivity contribution >= 4 is 22.0 Å². The summed E-state index contributed by atoms with van der Waals surface area (Å²) in [6.07, 6.45) is 3.52. The van der Waals surface area contributed by atoms with Gasteiger partial charge in [0.05, 0.1) is 12.2 Å². The smallest absolute Gasteiger partial charge is 0.410 e. The van der Waals surface area contributed by atoms with Gasteiger partial charge in [-0.15, -0.1) is 0 Å². The first-order chi connectivity index (χ1) is 8.87. The lowest BCUT2D eigenvalue weighted by Gasteiger charge is -2.34. The van der Waals surface area contributed by atoms with Gasteiger partial charge in [-0.05, 0) is 55.6 Å². The van der Waals surface area contributed by atoms with Crippen molar-refractivity contribution in [3.63, 3.8) is 0 Å². The molecule has 6 heteroatoms. The molecule has 0 aromatic carbocycles. The number of piperidine rings is 1. The van der Waals surface area contributed by atoms with Gasteiger partial charge in [0.15, 0.2) is 0 Å². The highest BCUT2D eigenvalue weighted by molar-refractivity contribution is 9.10. The Morgan fingerprint density at radius 3 is 2.84 bits per heavy atom. The minimum atomic E-state index is -0.448. The van der Waals surface area contributed by atoms with Crippen molar-refractivity contribution in [2.45, 2.75) is 45.3 Å². The molecule has 2 heterocycles. The molecular weight excluding hydrogens is 310 g/mol. The van der Waals surface area contributed by atoms with Crippen molar-refractivity contribution in [2.24, 2.45) is 0 Å². The Balaban J connectivity index is 2.01. The van der Waals surface area contributed by atoms with Gasteiger partial charge in [-0.1, -0.05) is 0 Å². The van der Waals surface area contributed by atoms with Gasteiger partial charge >= 0.3 is 6.09 Å². The Kier molecular flexibility index (Phi) is 4.18. The van der Waals surface area contributed by atoms with Gasteiger partial charge < -0.3 is 9.64 Å². The van der Waals surface area contributed by atoms with E-state index >= 15 is 0 Å². The summed E-state index contributed by atoms with van der Waals surface area (Å²) in [4.78, 5) is 13.8. The van der Waals surface area contributed by atoms with Crippen LogP contribution in [0.4, 0.5) is 4.79 Å². The molecule has 5 nitrogen and oxygen atoms in total. The topological polar surface area (TPSA) is 47.4 Å². The van der Waals surface area contributed by atoms with Crippen LogP contribution in [0.2, 0.25) is 0 Å². The average Bonchev–Trinajstić information content (AvgIpc) is 2.73. The fourth-order valence-electron chi connectivity index (χ4n) is 2.21. The number of hydrogen-bond donors (Lipinski definition) is 0. The fraction of sp³-hybridized carbons (Fsp3) is 0.692. The highest BCUT2D eigenvalue weighted by atomic mass is 79.9. The van der Waals surface area contributed by atoms with Gasteiger partial charge in [-0.25, -0.2) is 4.79 Å². The van der Waals surface area contributed by atoms with Crippen LogP contribution in [-0.2, 0) is 4.74 Å². The molecule has 1 aliphatic heterocycles. The molecule has 19 heavy (non-hydrogen) atoms. The van der Waals surface area contributed by atoms with Crippen LogP contribution in [-0.4, -0.2) is 39.5 Å². The largest absolute Gasteiger partial charge is 0.444 e. The molecule has 106 valence electrons. The van der Waals surface area contributed by atoms with Gasteiger partial charge in [0.1, 0.15) is 10.2 Å². The Hall–Kier alpha value is -1.04. The number of halogens is 1. The van der Waals surface area contributed by atoms with Crippen LogP contribution in [0.15, 0.2) is 16.9 Å². The molecule has 1 aromatic rings. The van der Waals surface area contributed by atoms with E-state index in [1.807, 2.05) is 31.5 Å². The molecule has 0 radical (unpaired) electrons. The Labute approximate surface area is 122 Å². The third-order valence-electron chi connectivity index (χ3n) is 3.02. The second kappa shape index (κ2) is 5.53. The lowest BCUT2D eigenvalue weighted by atomic mass is 10.1. The molecular formula is C13H20BrN3O2. The Morgan fingerprint density at radius 1 is 1.53 bits per heavy atom. The number of rotatable bonds is 1. The zero-order valence-electron chi connectivity index (χ0n) is 11.6. The van der Waals surface area contributed by atoms with E-state index in [2.05, 4.69) is 21.0 Å². The zero-order valence-corrected chi connectivity index (χ0v) is 13.2. The molecule has 1 aromatic heterocycles. The van der Waals surface area contributed by atoms with E-state index in [0.717, 1.165) is 24.0 Å². The fourth-order valence-corrected chi connectivity index (χ4v) is 2.71. The van der Waals surface area contributed by atoms with Gasteiger partial charge in [-0.3, -0.25) is 4.68 Å². The van der Waals surface area contributed by atoms with Crippen LogP contribution in [0.1, 0.15) is 39.7 Å². The molecule has 0 spiro atoms. The van der Waals surface area contributed by atoms with E-state index in [1.54, 1.807) is 11.1 Å². The monoisotopic (exact) mass is 329 g/mol. The molecule has 1 amide bonds. The third-order valence-corrected chi connectivity index (χ3v) is 3.64. The van der Waals surface area contributed by atoms with Crippen LogP contribution >= 0.6 is 15.9 Å². The SMILES string of the molecule is CC(C)(C)OC(=O)N1CCC[C@H](n2nccc2Br)C1. The summed E-state index contributed by atoms with van der Waals surface area (Å²) >= 11 is 3.47. The second-order valence-electron chi connectivity index (χ2n) is 5.82. The number of carbonyl (C=O) groups excluding carboxylic acids is 1. The molecule has 2 rings (SSSR count). The number of amides is 1. The summed E-state index contributed by atoms with van der Waals surface area (Å²) in [5, 5.41) is 4.30. The van der Waals surface area contributed by atoms with E-state index in [9.17, 15) is 4.79 Å². The van der Waals surface area contributed by atoms with Gasteiger partial charge in [-0.2, -0.15) is 5.10 Å². The molecule has 1 atom stereocenters. The van der Waals surface area contributed by atoms with Crippen LogP contribution in [0.3, 0.4) is 0 Å². The maximum atomic E-state index is 12.1. The number of carbonyl (C=O) groups is 1. The highest BCUT2D eigenvalue weighted by Gasteiger charge is 2.29. The number of likely N-dealkylation sites (tertiary alicyclic amines) is 1. The first-order valence-electron chi connectivity index (χ1n) is 6.54. The summed E-state index contributed by atoms with van der Waals surface area (Å²) in [5.74, 6) is 0. The molecule has 1 aliphatic rings. The van der Waals surface area contributed by atoms with E-state index in [1.165, 1.54) is 0 Å². The quantitative estimate of drug-likeness (QED) is 0.794. The van der Waals surface area contributed by atoms with Crippen molar-refractivity contribution < 1.29 is 9.53 Å². The minimum Gasteiger partial charge on any atom is -0.444 e. The molecule has 0 unspecified atom stereocenters. The average molecular weight is 330 g/mol. The predicted molar refractivity (Wildman–Crippen MR) is 76.0 cm³/mol. The number of hydrogen-bond acceptors (Lipinski definition) is 3. The van der Waals surface area contributed by atoms with Gasteiger partial charge in [0, 0.05) is 13.1 Å². The summed E-state index contributed by atoms with van der Waals surface area (Å²) in [7, 11) is 0. The standard InChI is InChI=1S/C13H20BrN3O2/c1-13(2,3)19-12(18)16-8-4-5-10(9-16)17-11(14)6-7-15-17/h6-7,10H,4-5,8-9H2,1-3H3/t10-/m0/s1. The van der Waals surface area contributed by atoms with E-state index in [-0.39, 0.29) is 12.1 Å². The lowest BCUT2D eigenvalue weighted by Crippen LogP contribution is -2.43. The first-order valence-corrected chi connectivity index (χ1v) is 7.33. The summed E-state index contributed by atoms with van der Waals surface area (Å²) in [5.41, 5.74) is -0.448. The Morgan fingerprint density at radius 2 is 2.26 bits per heavy atom. The summed E-state index contributed by atoms with van der Waals surface area (Å²) in [6.45, 7) is 7.06. The van der Waals surface area contributed by atoms with Crippen molar-refractivity contribution in [3.05, 3.63) is 16.9 Å². The molecule has 0 aliphatic carbocycles. The van der Waals surface area contributed by atoms with Crippen molar-refractivity contribution in [3.8, 4) is 0 Å². The number of nitrogens with zero attached hydrogens (tertiary/aromatic N) is 3. The zero-order chi connectivity index (χ0) is 14.0. The second-order valence-corrected chi connectivity index (χ2v) is 6.63. The molecule has 0 saturated carbocycles. The number of ether oxygens (including phenoxy) is 1. The van der Waals surface area contributed by atoms with Crippen LogP contribution in [0, 0.1) is 0 Å². The Bertz CT molecular complexity index is 453. The maximum Gasteiger partial charge on any atom is 0.410 e. The van der Waals surface area contributed by atoms with E-state index < -0.39 is 5.60 Å².